The summed E-state index contributed by atoms with van der Waals surface area (Å²) >= 11 is 0. The summed E-state index contributed by atoms with van der Waals surface area (Å²) in [6.45, 7) is 4.59. The number of hydrogen-bond donors (Lipinski definition) is 1. The summed E-state index contributed by atoms with van der Waals surface area (Å²) in [7, 11) is 0. The third-order valence-corrected chi connectivity index (χ3v) is 5.98. The second kappa shape index (κ2) is 8.35. The van der Waals surface area contributed by atoms with Gasteiger partial charge in [-0.25, -0.2) is 4.98 Å². The van der Waals surface area contributed by atoms with E-state index in [-0.39, 0.29) is 12.7 Å². The molecule has 2 heterocycles. The van der Waals surface area contributed by atoms with Crippen molar-refractivity contribution in [2.75, 3.05) is 12.1 Å². The fourth-order valence-electron chi connectivity index (χ4n) is 3.90. The number of amides is 1. The first-order valence-corrected chi connectivity index (χ1v) is 10.8. The van der Waals surface area contributed by atoms with Gasteiger partial charge in [0.05, 0.1) is 16.8 Å². The number of benzene rings is 3. The molecule has 0 spiro atoms. The first-order chi connectivity index (χ1) is 15.6. The van der Waals surface area contributed by atoms with Crippen LogP contribution in [0.3, 0.4) is 0 Å². The van der Waals surface area contributed by atoms with Gasteiger partial charge in [-0.1, -0.05) is 44.2 Å². The van der Waals surface area contributed by atoms with Gasteiger partial charge in [0.25, 0.3) is 5.91 Å². The molecule has 1 aliphatic heterocycles. The van der Waals surface area contributed by atoms with Crippen LogP contribution in [0, 0.1) is 0 Å². The molecule has 32 heavy (non-hydrogen) atoms. The van der Waals surface area contributed by atoms with Crippen LogP contribution in [-0.4, -0.2) is 17.7 Å². The predicted molar refractivity (Wildman–Crippen MR) is 126 cm³/mol. The molecule has 1 amide bonds. The van der Waals surface area contributed by atoms with E-state index in [0.29, 0.717) is 28.7 Å². The highest BCUT2D eigenvalue weighted by molar-refractivity contribution is 6.13. The van der Waals surface area contributed by atoms with Crippen LogP contribution in [0.25, 0.3) is 22.2 Å². The van der Waals surface area contributed by atoms with Crippen LogP contribution in [0.15, 0.2) is 72.8 Å². The Hall–Kier alpha value is -3.86. The molecule has 5 nitrogen and oxygen atoms in total. The van der Waals surface area contributed by atoms with Crippen LogP contribution in [0.4, 0.5) is 5.69 Å². The summed E-state index contributed by atoms with van der Waals surface area (Å²) in [5, 5.41) is 3.85. The van der Waals surface area contributed by atoms with Crippen LogP contribution in [0.1, 0.15) is 42.1 Å². The minimum atomic E-state index is -0.165. The molecule has 0 bridgehead atoms. The van der Waals surface area contributed by atoms with E-state index in [2.05, 4.69) is 31.3 Å². The minimum absolute atomic E-state index is 0.165. The van der Waals surface area contributed by atoms with Crippen molar-refractivity contribution >= 4 is 22.5 Å². The fraction of sp³-hybridized carbons (Fsp3) is 0.185. The van der Waals surface area contributed by atoms with Crippen molar-refractivity contribution in [3.8, 4) is 22.8 Å². The lowest BCUT2D eigenvalue weighted by atomic mass is 9.98. The average Bonchev–Trinajstić information content (AvgIpc) is 3.31. The maximum absolute atomic E-state index is 13.3. The lowest BCUT2D eigenvalue weighted by Gasteiger charge is -2.12. The third kappa shape index (κ3) is 3.78. The van der Waals surface area contributed by atoms with Gasteiger partial charge in [0, 0.05) is 16.6 Å². The Balaban J connectivity index is 1.50. The van der Waals surface area contributed by atoms with Gasteiger partial charge < -0.3 is 14.8 Å². The van der Waals surface area contributed by atoms with E-state index in [4.69, 9.17) is 14.5 Å². The minimum Gasteiger partial charge on any atom is -0.454 e. The number of rotatable bonds is 5. The molecule has 3 aromatic carbocycles. The molecular weight excluding hydrogens is 400 g/mol. The Morgan fingerprint density at radius 2 is 1.78 bits per heavy atom. The molecule has 0 saturated carbocycles. The van der Waals surface area contributed by atoms with E-state index in [9.17, 15) is 4.79 Å². The largest absolute Gasteiger partial charge is 0.454 e. The maximum Gasteiger partial charge on any atom is 0.256 e. The van der Waals surface area contributed by atoms with Crippen molar-refractivity contribution in [1.82, 2.24) is 4.98 Å². The highest BCUT2D eigenvalue weighted by Crippen LogP contribution is 2.36. The number of carbonyl (C=O) groups excluding carboxylic acids is 1. The number of hydrogen-bond acceptors (Lipinski definition) is 4. The topological polar surface area (TPSA) is 60.5 Å². The number of pyridine rings is 1. The van der Waals surface area contributed by atoms with Gasteiger partial charge in [-0.05, 0) is 60.4 Å². The molecule has 1 aliphatic rings. The quantitative estimate of drug-likeness (QED) is 0.403. The zero-order chi connectivity index (χ0) is 22.1. The van der Waals surface area contributed by atoms with Crippen LogP contribution in [0.5, 0.6) is 11.5 Å². The van der Waals surface area contributed by atoms with E-state index < -0.39 is 0 Å². The van der Waals surface area contributed by atoms with Gasteiger partial charge in [0.2, 0.25) is 6.79 Å². The van der Waals surface area contributed by atoms with E-state index in [1.807, 2.05) is 60.7 Å². The number of aromatic nitrogens is 1. The number of nitrogens with one attached hydrogen (secondary N) is 1. The molecule has 0 radical (unpaired) electrons. The molecule has 5 heteroatoms. The molecule has 5 rings (SSSR count). The van der Waals surface area contributed by atoms with Gasteiger partial charge in [-0.3, -0.25) is 4.79 Å². The van der Waals surface area contributed by atoms with Crippen LogP contribution >= 0.6 is 0 Å². The monoisotopic (exact) mass is 424 g/mol. The number of ether oxygens (including phenoxy) is 2. The normalized spacial score (nSPS) is 13.2. The van der Waals surface area contributed by atoms with E-state index in [1.54, 1.807) is 0 Å². The first kappa shape index (κ1) is 20.1. The lowest BCUT2D eigenvalue weighted by molar-refractivity contribution is 0.102. The van der Waals surface area contributed by atoms with Crippen molar-refractivity contribution < 1.29 is 14.3 Å². The molecular formula is C27H24N2O3. The Morgan fingerprint density at radius 1 is 1.00 bits per heavy atom. The van der Waals surface area contributed by atoms with Gasteiger partial charge >= 0.3 is 0 Å². The van der Waals surface area contributed by atoms with E-state index >= 15 is 0 Å². The van der Waals surface area contributed by atoms with Gasteiger partial charge in [-0.2, -0.15) is 0 Å². The highest BCUT2D eigenvalue weighted by Gasteiger charge is 2.18. The molecule has 0 saturated heterocycles. The zero-order valence-electron chi connectivity index (χ0n) is 18.1. The van der Waals surface area contributed by atoms with Crippen molar-refractivity contribution in [3.05, 3.63) is 83.9 Å². The SMILES string of the molecule is CCC(C)c1ccc(NC(=O)c2cc(-c3ccc4c(c3)OCO4)nc3ccccc23)cc1. The lowest BCUT2D eigenvalue weighted by Crippen LogP contribution is -2.13. The number of nitrogens with zero attached hydrogens (tertiary/aromatic N) is 1. The average molecular weight is 425 g/mol. The molecule has 0 aliphatic carbocycles. The number of anilines is 1. The fourth-order valence-corrected chi connectivity index (χ4v) is 3.90. The van der Waals surface area contributed by atoms with Crippen molar-refractivity contribution in [3.63, 3.8) is 0 Å². The predicted octanol–water partition coefficient (Wildman–Crippen LogP) is 6.40. The van der Waals surface area contributed by atoms with Gasteiger partial charge in [0.1, 0.15) is 0 Å². The number of carbonyl (C=O) groups is 1. The number of para-hydroxylation sites is 1. The van der Waals surface area contributed by atoms with E-state index in [1.165, 1.54) is 5.56 Å². The second-order valence-corrected chi connectivity index (χ2v) is 8.03. The Labute approximate surface area is 187 Å². The van der Waals surface area contributed by atoms with E-state index in [0.717, 1.165) is 28.6 Å². The molecule has 160 valence electrons. The summed E-state index contributed by atoms with van der Waals surface area (Å²) in [5.41, 5.74) is 4.96. The number of fused-ring (bicyclic) bond motifs is 2. The molecule has 1 atom stereocenters. The second-order valence-electron chi connectivity index (χ2n) is 8.03. The summed E-state index contributed by atoms with van der Waals surface area (Å²) < 4.78 is 10.9. The molecule has 0 fully saturated rings. The standard InChI is InChI=1S/C27H24N2O3/c1-3-17(2)18-8-11-20(12-9-18)28-27(30)22-15-24(29-23-7-5-4-6-21(22)23)19-10-13-25-26(14-19)32-16-31-25/h4-15,17H,3,16H2,1-2H3,(H,28,30). The van der Waals surface area contributed by atoms with Crippen LogP contribution < -0.4 is 14.8 Å². The summed E-state index contributed by atoms with van der Waals surface area (Å²) in [4.78, 5) is 18.1. The molecule has 1 aromatic heterocycles. The third-order valence-electron chi connectivity index (χ3n) is 5.98. The van der Waals surface area contributed by atoms with Crippen LogP contribution in [-0.2, 0) is 0 Å². The Morgan fingerprint density at radius 3 is 2.59 bits per heavy atom. The molecule has 1 unspecified atom stereocenters. The summed E-state index contributed by atoms with van der Waals surface area (Å²) in [6, 6.07) is 23.3. The van der Waals surface area contributed by atoms with Gasteiger partial charge in [0.15, 0.2) is 11.5 Å². The Kier molecular flexibility index (Phi) is 5.23. The smallest absolute Gasteiger partial charge is 0.256 e. The van der Waals surface area contributed by atoms with Crippen molar-refractivity contribution in [1.29, 1.82) is 0 Å². The highest BCUT2D eigenvalue weighted by atomic mass is 16.7. The molecule has 1 N–H and O–H groups in total. The maximum atomic E-state index is 13.3. The van der Waals surface area contributed by atoms with Crippen molar-refractivity contribution in [2.45, 2.75) is 26.2 Å². The zero-order valence-corrected chi connectivity index (χ0v) is 18.1. The summed E-state index contributed by atoms with van der Waals surface area (Å²) in [5.74, 6) is 1.73. The summed E-state index contributed by atoms with van der Waals surface area (Å²) in [6.07, 6.45) is 1.08. The molecule has 4 aromatic rings. The first-order valence-electron chi connectivity index (χ1n) is 10.8. The van der Waals surface area contributed by atoms with Crippen molar-refractivity contribution in [2.24, 2.45) is 0 Å². The Bertz CT molecular complexity index is 1300. The van der Waals surface area contributed by atoms with Crippen LogP contribution in [0.2, 0.25) is 0 Å². The van der Waals surface area contributed by atoms with Gasteiger partial charge in [-0.15, -0.1) is 0 Å².